The van der Waals surface area contributed by atoms with Crippen LogP contribution in [0.2, 0.25) is 0 Å². The van der Waals surface area contributed by atoms with Crippen LogP contribution in [0.4, 0.5) is 18.9 Å². The number of aliphatic carboxylic acids is 1. The standard InChI is InChI=1S/C14H16F3NO2/c1-18-5-4-10-6-9(2-3-12(10)18)7-11(8-13(19)20)14(15,16)17/h2-3,6,11H,4-5,7-8H2,1H3,(H,19,20). The van der Waals surface area contributed by atoms with Gasteiger partial charge in [-0.1, -0.05) is 12.1 Å². The highest BCUT2D eigenvalue weighted by molar-refractivity contribution is 5.67. The van der Waals surface area contributed by atoms with Crippen LogP contribution in [-0.4, -0.2) is 30.8 Å². The van der Waals surface area contributed by atoms with Crippen LogP contribution < -0.4 is 4.90 Å². The van der Waals surface area contributed by atoms with E-state index in [0.717, 1.165) is 24.2 Å². The zero-order valence-corrected chi connectivity index (χ0v) is 11.1. The molecule has 1 aliphatic heterocycles. The molecule has 1 atom stereocenters. The van der Waals surface area contributed by atoms with Crippen LogP contribution >= 0.6 is 0 Å². The summed E-state index contributed by atoms with van der Waals surface area (Å²) in [6, 6.07) is 5.23. The quantitative estimate of drug-likeness (QED) is 0.925. The molecular formula is C14H16F3NO2. The Morgan fingerprint density at radius 2 is 2.15 bits per heavy atom. The second-order valence-electron chi connectivity index (χ2n) is 5.18. The molecule has 0 spiro atoms. The van der Waals surface area contributed by atoms with Crippen molar-refractivity contribution >= 4 is 11.7 Å². The Kier molecular flexibility index (Phi) is 3.92. The number of likely N-dealkylation sites (N-methyl/N-ethyl adjacent to an activating group) is 1. The maximum atomic E-state index is 12.8. The molecule has 1 unspecified atom stereocenters. The summed E-state index contributed by atoms with van der Waals surface area (Å²) >= 11 is 0. The first-order valence-corrected chi connectivity index (χ1v) is 6.39. The third-order valence-corrected chi connectivity index (χ3v) is 3.64. The Morgan fingerprint density at radius 3 is 2.75 bits per heavy atom. The molecule has 1 N–H and O–H groups in total. The van der Waals surface area contributed by atoms with E-state index >= 15 is 0 Å². The van der Waals surface area contributed by atoms with Gasteiger partial charge in [-0.15, -0.1) is 0 Å². The predicted octanol–water partition coefficient (Wildman–Crippen LogP) is 2.87. The summed E-state index contributed by atoms with van der Waals surface area (Å²) < 4.78 is 38.5. The molecule has 1 heterocycles. The monoisotopic (exact) mass is 287 g/mol. The van der Waals surface area contributed by atoms with Crippen molar-refractivity contribution in [2.24, 2.45) is 5.92 Å². The molecule has 0 amide bonds. The minimum Gasteiger partial charge on any atom is -0.481 e. The summed E-state index contributed by atoms with van der Waals surface area (Å²) in [5.74, 6) is -3.26. The Morgan fingerprint density at radius 1 is 1.45 bits per heavy atom. The number of alkyl halides is 3. The largest absolute Gasteiger partial charge is 0.481 e. The number of carboxylic acids is 1. The van der Waals surface area contributed by atoms with Gasteiger partial charge < -0.3 is 10.0 Å². The van der Waals surface area contributed by atoms with Gasteiger partial charge in [0.15, 0.2) is 0 Å². The molecular weight excluding hydrogens is 271 g/mol. The normalized spacial score (nSPS) is 16.1. The molecule has 1 aromatic carbocycles. The van der Waals surface area contributed by atoms with E-state index in [4.69, 9.17) is 5.11 Å². The fourth-order valence-corrected chi connectivity index (χ4v) is 2.55. The van der Waals surface area contributed by atoms with Gasteiger partial charge in [0.2, 0.25) is 0 Å². The maximum absolute atomic E-state index is 12.8. The molecule has 0 bridgehead atoms. The average Bonchev–Trinajstić information content (AvgIpc) is 2.68. The van der Waals surface area contributed by atoms with E-state index in [1.807, 2.05) is 13.1 Å². The summed E-state index contributed by atoms with van der Waals surface area (Å²) in [6.45, 7) is 0.858. The van der Waals surface area contributed by atoms with Gasteiger partial charge in [0.25, 0.3) is 0 Å². The third kappa shape index (κ3) is 3.23. The minimum absolute atomic E-state index is 0.285. The number of anilines is 1. The van der Waals surface area contributed by atoms with Gasteiger partial charge in [-0.3, -0.25) is 4.79 Å². The van der Waals surface area contributed by atoms with E-state index < -0.39 is 24.5 Å². The Balaban J connectivity index is 2.17. The van der Waals surface area contributed by atoms with E-state index in [9.17, 15) is 18.0 Å². The molecule has 110 valence electrons. The molecule has 1 aliphatic rings. The molecule has 0 saturated carbocycles. The summed E-state index contributed by atoms with van der Waals surface area (Å²) in [5, 5.41) is 8.61. The topological polar surface area (TPSA) is 40.5 Å². The molecule has 6 heteroatoms. The summed E-state index contributed by atoms with van der Waals surface area (Å²) in [7, 11) is 1.94. The fourth-order valence-electron chi connectivity index (χ4n) is 2.55. The van der Waals surface area contributed by atoms with Crippen LogP contribution in [0.15, 0.2) is 18.2 Å². The molecule has 1 aromatic rings. The first-order chi connectivity index (χ1) is 9.27. The second-order valence-corrected chi connectivity index (χ2v) is 5.18. The SMILES string of the molecule is CN1CCc2cc(CC(CC(=O)O)C(F)(F)F)ccc21. The fraction of sp³-hybridized carbons (Fsp3) is 0.500. The van der Waals surface area contributed by atoms with Crippen molar-refractivity contribution in [3.63, 3.8) is 0 Å². The number of halogens is 3. The van der Waals surface area contributed by atoms with Crippen LogP contribution in [0.3, 0.4) is 0 Å². The lowest BCUT2D eigenvalue weighted by Gasteiger charge is -2.19. The van der Waals surface area contributed by atoms with Crippen molar-refractivity contribution in [2.75, 3.05) is 18.5 Å². The second kappa shape index (κ2) is 5.34. The molecule has 2 rings (SSSR count). The van der Waals surface area contributed by atoms with E-state index in [2.05, 4.69) is 4.90 Å². The number of hydrogen-bond donors (Lipinski definition) is 1. The van der Waals surface area contributed by atoms with Crippen LogP contribution in [0.5, 0.6) is 0 Å². The summed E-state index contributed by atoms with van der Waals surface area (Å²) in [4.78, 5) is 12.6. The van der Waals surface area contributed by atoms with Crippen molar-refractivity contribution in [1.29, 1.82) is 0 Å². The first-order valence-electron chi connectivity index (χ1n) is 6.39. The van der Waals surface area contributed by atoms with Gasteiger partial charge in [-0.05, 0) is 30.0 Å². The lowest BCUT2D eigenvalue weighted by Crippen LogP contribution is -2.27. The van der Waals surface area contributed by atoms with E-state index in [-0.39, 0.29) is 6.42 Å². The van der Waals surface area contributed by atoms with Crippen molar-refractivity contribution in [2.45, 2.75) is 25.4 Å². The number of benzene rings is 1. The molecule has 0 aromatic heterocycles. The molecule has 0 fully saturated rings. The van der Waals surface area contributed by atoms with Gasteiger partial charge in [0, 0.05) is 19.3 Å². The van der Waals surface area contributed by atoms with E-state index in [1.165, 1.54) is 0 Å². The third-order valence-electron chi connectivity index (χ3n) is 3.64. The lowest BCUT2D eigenvalue weighted by molar-refractivity contribution is -0.182. The van der Waals surface area contributed by atoms with Crippen molar-refractivity contribution in [3.8, 4) is 0 Å². The van der Waals surface area contributed by atoms with Crippen LogP contribution in [-0.2, 0) is 17.6 Å². The first kappa shape index (κ1) is 14.7. The zero-order chi connectivity index (χ0) is 14.9. The molecule has 20 heavy (non-hydrogen) atoms. The minimum atomic E-state index is -4.49. The summed E-state index contributed by atoms with van der Waals surface area (Å²) in [5.41, 5.74) is 2.61. The van der Waals surface area contributed by atoms with Crippen LogP contribution in [0.25, 0.3) is 0 Å². The van der Waals surface area contributed by atoms with Crippen molar-refractivity contribution in [1.82, 2.24) is 0 Å². The number of hydrogen-bond acceptors (Lipinski definition) is 2. The molecule has 0 aliphatic carbocycles. The maximum Gasteiger partial charge on any atom is 0.392 e. The zero-order valence-electron chi connectivity index (χ0n) is 11.1. The van der Waals surface area contributed by atoms with Gasteiger partial charge in [-0.2, -0.15) is 13.2 Å². The van der Waals surface area contributed by atoms with E-state index in [1.54, 1.807) is 12.1 Å². The number of carboxylic acid groups (broad SMARTS) is 1. The lowest BCUT2D eigenvalue weighted by atomic mass is 9.94. The Bertz CT molecular complexity index is 514. The van der Waals surface area contributed by atoms with Gasteiger partial charge in [-0.25, -0.2) is 0 Å². The smallest absolute Gasteiger partial charge is 0.392 e. The van der Waals surface area contributed by atoms with E-state index in [0.29, 0.717) is 5.56 Å². The molecule has 3 nitrogen and oxygen atoms in total. The molecule has 0 radical (unpaired) electrons. The summed E-state index contributed by atoms with van der Waals surface area (Å²) in [6.07, 6.45) is -4.85. The highest BCUT2D eigenvalue weighted by Crippen LogP contribution is 2.34. The van der Waals surface area contributed by atoms with Crippen molar-refractivity contribution < 1.29 is 23.1 Å². The highest BCUT2D eigenvalue weighted by Gasteiger charge is 2.40. The average molecular weight is 287 g/mol. The van der Waals surface area contributed by atoms with Crippen molar-refractivity contribution in [3.05, 3.63) is 29.3 Å². The van der Waals surface area contributed by atoms with Crippen LogP contribution in [0, 0.1) is 5.92 Å². The van der Waals surface area contributed by atoms with Gasteiger partial charge in [0.1, 0.15) is 0 Å². The number of carbonyl (C=O) groups is 1. The number of rotatable bonds is 4. The Labute approximate surface area is 115 Å². The molecule has 0 saturated heterocycles. The predicted molar refractivity (Wildman–Crippen MR) is 68.9 cm³/mol. The number of fused-ring (bicyclic) bond motifs is 1. The Hall–Kier alpha value is -1.72. The van der Waals surface area contributed by atoms with Gasteiger partial charge >= 0.3 is 12.1 Å². The highest BCUT2D eigenvalue weighted by atomic mass is 19.4. The van der Waals surface area contributed by atoms with Crippen LogP contribution in [0.1, 0.15) is 17.5 Å². The number of nitrogens with zero attached hydrogens (tertiary/aromatic N) is 1. The van der Waals surface area contributed by atoms with Gasteiger partial charge in [0.05, 0.1) is 12.3 Å².